The van der Waals surface area contributed by atoms with Gasteiger partial charge in [0.15, 0.2) is 0 Å². The van der Waals surface area contributed by atoms with Crippen molar-refractivity contribution in [2.75, 3.05) is 7.11 Å². The maximum atomic E-state index is 6.19. The van der Waals surface area contributed by atoms with Crippen LogP contribution in [0.2, 0.25) is 0 Å². The van der Waals surface area contributed by atoms with Crippen LogP contribution in [0.1, 0.15) is 16.5 Å². The standard InChI is InChI=1S/C12H12BrNOS/c1-15-9-4-2-8(3-5-9)11(14)12-10(13)6-7-16-12/h2-7,11H,14H2,1H3. The Hall–Kier alpha value is -0.840. The Morgan fingerprint density at radius 3 is 2.44 bits per heavy atom. The van der Waals surface area contributed by atoms with Crippen LogP contribution in [0.5, 0.6) is 5.75 Å². The van der Waals surface area contributed by atoms with Crippen molar-refractivity contribution in [2.45, 2.75) is 6.04 Å². The zero-order valence-corrected chi connectivity index (χ0v) is 11.2. The predicted octanol–water partition coefficient (Wildman–Crippen LogP) is 3.57. The van der Waals surface area contributed by atoms with E-state index in [0.717, 1.165) is 20.7 Å². The zero-order chi connectivity index (χ0) is 11.5. The SMILES string of the molecule is COc1ccc(C(N)c2sccc2Br)cc1. The first-order valence-electron chi connectivity index (χ1n) is 4.85. The maximum Gasteiger partial charge on any atom is 0.118 e. The van der Waals surface area contributed by atoms with Crippen molar-refractivity contribution in [2.24, 2.45) is 5.73 Å². The molecular formula is C12H12BrNOS. The van der Waals surface area contributed by atoms with Gasteiger partial charge in [0.05, 0.1) is 13.2 Å². The van der Waals surface area contributed by atoms with E-state index in [9.17, 15) is 0 Å². The molecule has 0 aliphatic heterocycles. The molecule has 0 saturated carbocycles. The molecule has 1 heterocycles. The Kier molecular flexibility index (Phi) is 3.63. The number of nitrogens with two attached hydrogens (primary N) is 1. The highest BCUT2D eigenvalue weighted by Gasteiger charge is 2.13. The molecule has 0 aliphatic carbocycles. The van der Waals surface area contributed by atoms with Crippen LogP contribution < -0.4 is 10.5 Å². The number of hydrogen-bond donors (Lipinski definition) is 1. The molecule has 0 saturated heterocycles. The van der Waals surface area contributed by atoms with Gasteiger partial charge in [-0.2, -0.15) is 0 Å². The minimum absolute atomic E-state index is 0.0831. The van der Waals surface area contributed by atoms with Gasteiger partial charge in [-0.05, 0) is 45.1 Å². The topological polar surface area (TPSA) is 35.2 Å². The van der Waals surface area contributed by atoms with Crippen LogP contribution in [-0.4, -0.2) is 7.11 Å². The molecular weight excluding hydrogens is 286 g/mol. The first-order chi connectivity index (χ1) is 7.72. The molecule has 0 spiro atoms. The van der Waals surface area contributed by atoms with Crippen LogP contribution in [0.4, 0.5) is 0 Å². The molecule has 0 fully saturated rings. The summed E-state index contributed by atoms with van der Waals surface area (Å²) in [5.74, 6) is 0.848. The van der Waals surface area contributed by atoms with E-state index in [-0.39, 0.29) is 6.04 Å². The quantitative estimate of drug-likeness (QED) is 0.940. The molecule has 0 amide bonds. The third-order valence-corrected chi connectivity index (χ3v) is 4.36. The summed E-state index contributed by atoms with van der Waals surface area (Å²) in [5, 5.41) is 2.03. The van der Waals surface area contributed by atoms with Gasteiger partial charge in [0.1, 0.15) is 5.75 Å². The van der Waals surface area contributed by atoms with Gasteiger partial charge in [0.2, 0.25) is 0 Å². The first-order valence-corrected chi connectivity index (χ1v) is 6.52. The number of methoxy groups -OCH3 is 1. The monoisotopic (exact) mass is 297 g/mol. The van der Waals surface area contributed by atoms with E-state index in [1.54, 1.807) is 18.4 Å². The van der Waals surface area contributed by atoms with Crippen molar-refractivity contribution in [3.8, 4) is 5.75 Å². The second-order valence-corrected chi connectivity index (χ2v) is 5.19. The average Bonchev–Trinajstić information content (AvgIpc) is 2.75. The molecule has 1 atom stereocenters. The van der Waals surface area contributed by atoms with E-state index in [0.29, 0.717) is 0 Å². The number of thiophene rings is 1. The van der Waals surface area contributed by atoms with Gasteiger partial charge in [-0.1, -0.05) is 12.1 Å². The van der Waals surface area contributed by atoms with Gasteiger partial charge < -0.3 is 10.5 Å². The number of ether oxygens (including phenoxy) is 1. The summed E-state index contributed by atoms with van der Waals surface area (Å²) in [5.41, 5.74) is 7.28. The molecule has 2 nitrogen and oxygen atoms in total. The van der Waals surface area contributed by atoms with Crippen LogP contribution in [0, 0.1) is 0 Å². The number of halogens is 1. The molecule has 2 aromatic rings. The zero-order valence-electron chi connectivity index (χ0n) is 8.81. The van der Waals surface area contributed by atoms with Crippen molar-refractivity contribution in [3.63, 3.8) is 0 Å². The van der Waals surface area contributed by atoms with Gasteiger partial charge >= 0.3 is 0 Å². The average molecular weight is 298 g/mol. The summed E-state index contributed by atoms with van der Waals surface area (Å²) in [6.07, 6.45) is 0. The van der Waals surface area contributed by atoms with Crippen LogP contribution in [0.25, 0.3) is 0 Å². The van der Waals surface area contributed by atoms with Gasteiger partial charge in [-0.3, -0.25) is 0 Å². The molecule has 0 aliphatic rings. The summed E-state index contributed by atoms with van der Waals surface area (Å²) in [4.78, 5) is 1.14. The second kappa shape index (κ2) is 4.99. The van der Waals surface area contributed by atoms with Crippen molar-refractivity contribution in [3.05, 3.63) is 50.6 Å². The molecule has 4 heteroatoms. The van der Waals surface area contributed by atoms with Gasteiger partial charge in [0, 0.05) is 9.35 Å². The predicted molar refractivity (Wildman–Crippen MR) is 71.0 cm³/mol. The fraction of sp³-hybridized carbons (Fsp3) is 0.167. The van der Waals surface area contributed by atoms with Crippen molar-refractivity contribution < 1.29 is 4.74 Å². The number of rotatable bonds is 3. The van der Waals surface area contributed by atoms with Gasteiger partial charge in [0.25, 0.3) is 0 Å². The molecule has 1 aromatic heterocycles. The molecule has 0 radical (unpaired) electrons. The summed E-state index contributed by atoms with van der Waals surface area (Å²) in [7, 11) is 1.66. The van der Waals surface area contributed by atoms with Crippen LogP contribution in [0.15, 0.2) is 40.2 Å². The van der Waals surface area contributed by atoms with E-state index in [4.69, 9.17) is 10.5 Å². The van der Waals surface area contributed by atoms with Crippen LogP contribution >= 0.6 is 27.3 Å². The Bertz CT molecular complexity index is 466. The first kappa shape index (κ1) is 11.6. The summed E-state index contributed by atoms with van der Waals surface area (Å²) in [6.45, 7) is 0. The second-order valence-electron chi connectivity index (χ2n) is 3.38. The molecule has 2 N–H and O–H groups in total. The van der Waals surface area contributed by atoms with Gasteiger partial charge in [-0.15, -0.1) is 11.3 Å². The van der Waals surface area contributed by atoms with E-state index in [2.05, 4.69) is 15.9 Å². The fourth-order valence-corrected chi connectivity index (χ4v) is 3.14. The molecule has 16 heavy (non-hydrogen) atoms. The largest absolute Gasteiger partial charge is 0.497 e. The van der Waals surface area contributed by atoms with E-state index < -0.39 is 0 Å². The smallest absolute Gasteiger partial charge is 0.118 e. The lowest BCUT2D eigenvalue weighted by Gasteiger charge is -2.11. The maximum absolute atomic E-state index is 6.19. The summed E-state index contributed by atoms with van der Waals surface area (Å²) < 4.78 is 6.19. The molecule has 2 rings (SSSR count). The molecule has 1 unspecified atom stereocenters. The highest BCUT2D eigenvalue weighted by Crippen LogP contribution is 2.31. The van der Waals surface area contributed by atoms with Crippen molar-refractivity contribution >= 4 is 27.3 Å². The van der Waals surface area contributed by atoms with E-state index >= 15 is 0 Å². The van der Waals surface area contributed by atoms with E-state index in [1.165, 1.54) is 0 Å². The lowest BCUT2D eigenvalue weighted by atomic mass is 10.1. The Labute approximate surface area is 107 Å². The molecule has 84 valence electrons. The molecule has 0 bridgehead atoms. The summed E-state index contributed by atoms with van der Waals surface area (Å²) in [6, 6.07) is 9.78. The van der Waals surface area contributed by atoms with Crippen molar-refractivity contribution in [1.29, 1.82) is 0 Å². The minimum atomic E-state index is -0.0831. The highest BCUT2D eigenvalue weighted by atomic mass is 79.9. The van der Waals surface area contributed by atoms with Crippen LogP contribution in [0.3, 0.4) is 0 Å². The minimum Gasteiger partial charge on any atom is -0.497 e. The third-order valence-electron chi connectivity index (χ3n) is 2.40. The lowest BCUT2D eigenvalue weighted by molar-refractivity contribution is 0.414. The normalized spacial score (nSPS) is 12.4. The third kappa shape index (κ3) is 2.29. The Morgan fingerprint density at radius 2 is 1.94 bits per heavy atom. The summed E-state index contributed by atoms with van der Waals surface area (Å²) >= 11 is 5.16. The lowest BCUT2D eigenvalue weighted by Crippen LogP contribution is -2.10. The molecule has 1 aromatic carbocycles. The van der Waals surface area contributed by atoms with E-state index in [1.807, 2.05) is 35.7 Å². The fourth-order valence-electron chi connectivity index (χ4n) is 1.49. The number of hydrogen-bond acceptors (Lipinski definition) is 3. The Morgan fingerprint density at radius 1 is 1.25 bits per heavy atom. The van der Waals surface area contributed by atoms with Crippen LogP contribution in [-0.2, 0) is 0 Å². The highest BCUT2D eigenvalue weighted by molar-refractivity contribution is 9.10. The van der Waals surface area contributed by atoms with Gasteiger partial charge in [-0.25, -0.2) is 0 Å². The van der Waals surface area contributed by atoms with Crippen molar-refractivity contribution in [1.82, 2.24) is 0 Å². The Balaban J connectivity index is 2.27. The number of benzene rings is 1.